The lowest BCUT2D eigenvalue weighted by atomic mass is 9.82. The number of methoxy groups -OCH3 is 1. The maximum absolute atomic E-state index is 13.4. The summed E-state index contributed by atoms with van der Waals surface area (Å²) in [6.07, 6.45) is 1.47. The quantitative estimate of drug-likeness (QED) is 0.619. The second-order valence-electron chi connectivity index (χ2n) is 8.60. The summed E-state index contributed by atoms with van der Waals surface area (Å²) >= 11 is 0. The summed E-state index contributed by atoms with van der Waals surface area (Å²) in [6.45, 7) is 5.27. The van der Waals surface area contributed by atoms with Crippen LogP contribution in [-0.4, -0.2) is 29.1 Å². The van der Waals surface area contributed by atoms with Crippen molar-refractivity contribution in [1.29, 1.82) is 0 Å². The van der Waals surface area contributed by atoms with Gasteiger partial charge in [0.2, 0.25) is 0 Å². The van der Waals surface area contributed by atoms with Crippen molar-refractivity contribution in [1.82, 2.24) is 5.16 Å². The molecule has 1 N–H and O–H groups in total. The van der Waals surface area contributed by atoms with E-state index in [1.165, 1.54) is 18.3 Å². The summed E-state index contributed by atoms with van der Waals surface area (Å²) < 4.78 is 10.5. The summed E-state index contributed by atoms with van der Waals surface area (Å²) in [4.78, 5) is 28.1. The van der Waals surface area contributed by atoms with Crippen LogP contribution in [0.1, 0.15) is 32.4 Å². The largest absolute Gasteiger partial charge is 0.503 e. The molecule has 1 amide bonds. The Hall–Kier alpha value is -3.87. The van der Waals surface area contributed by atoms with Crippen LogP contribution in [-0.2, 0) is 9.59 Å². The average Bonchev–Trinajstić information content (AvgIpc) is 3.40. The van der Waals surface area contributed by atoms with Crippen LogP contribution in [0.5, 0.6) is 5.75 Å². The van der Waals surface area contributed by atoms with Crippen molar-refractivity contribution < 1.29 is 24.0 Å². The molecule has 7 heteroatoms. The van der Waals surface area contributed by atoms with E-state index in [4.69, 9.17) is 9.26 Å². The molecule has 4 rings (SSSR count). The van der Waals surface area contributed by atoms with Gasteiger partial charge in [0.1, 0.15) is 17.7 Å². The van der Waals surface area contributed by atoms with Crippen molar-refractivity contribution >= 4 is 17.4 Å². The molecule has 1 unspecified atom stereocenters. The normalized spacial score (nSPS) is 16.6. The highest BCUT2D eigenvalue weighted by Gasteiger charge is 2.47. The monoisotopic (exact) mass is 432 g/mol. The topological polar surface area (TPSA) is 92.9 Å². The van der Waals surface area contributed by atoms with E-state index in [2.05, 4.69) is 5.16 Å². The van der Waals surface area contributed by atoms with Gasteiger partial charge in [0, 0.05) is 28.3 Å². The lowest BCUT2D eigenvalue weighted by Crippen LogP contribution is -2.33. The number of para-hydroxylation sites is 1. The fourth-order valence-electron chi connectivity index (χ4n) is 3.87. The molecule has 1 aromatic heterocycles. The second-order valence-corrected chi connectivity index (χ2v) is 8.60. The van der Waals surface area contributed by atoms with E-state index in [0.29, 0.717) is 22.7 Å². The molecule has 1 aliphatic heterocycles. The highest BCUT2D eigenvalue weighted by molar-refractivity contribution is 6.17. The SMILES string of the molecule is COc1ccccc1C1C(C(=O)C(C)(C)C)=C(O)C(=O)N1c1cccc(-c2ccon2)c1. The van der Waals surface area contributed by atoms with Crippen molar-refractivity contribution in [2.24, 2.45) is 5.41 Å². The molecule has 0 aliphatic carbocycles. The first-order valence-corrected chi connectivity index (χ1v) is 10.2. The summed E-state index contributed by atoms with van der Waals surface area (Å²) in [5.41, 5.74) is 1.70. The lowest BCUT2D eigenvalue weighted by molar-refractivity contribution is -0.123. The molecule has 164 valence electrons. The maximum Gasteiger partial charge on any atom is 0.294 e. The predicted octanol–water partition coefficient (Wildman–Crippen LogP) is 4.87. The number of rotatable bonds is 5. The van der Waals surface area contributed by atoms with E-state index in [1.807, 2.05) is 12.1 Å². The lowest BCUT2D eigenvalue weighted by Gasteiger charge is -2.30. The number of ketones is 1. The van der Waals surface area contributed by atoms with Gasteiger partial charge >= 0.3 is 0 Å². The van der Waals surface area contributed by atoms with Crippen molar-refractivity contribution in [2.75, 3.05) is 12.0 Å². The van der Waals surface area contributed by atoms with Crippen molar-refractivity contribution in [2.45, 2.75) is 26.8 Å². The molecule has 0 spiro atoms. The van der Waals surface area contributed by atoms with Crippen LogP contribution >= 0.6 is 0 Å². The number of hydrogen-bond donors (Lipinski definition) is 1. The third kappa shape index (κ3) is 3.56. The minimum absolute atomic E-state index is 0.0545. The van der Waals surface area contributed by atoms with Crippen LogP contribution in [0.15, 0.2) is 76.7 Å². The molecule has 7 nitrogen and oxygen atoms in total. The third-order valence-corrected chi connectivity index (χ3v) is 5.43. The molecule has 0 fully saturated rings. The van der Waals surface area contributed by atoms with Crippen molar-refractivity contribution in [3.8, 4) is 17.0 Å². The molecule has 1 aliphatic rings. The zero-order valence-electron chi connectivity index (χ0n) is 18.3. The van der Waals surface area contributed by atoms with E-state index in [1.54, 1.807) is 63.2 Å². The maximum atomic E-state index is 13.4. The number of nitrogens with zero attached hydrogens (tertiary/aromatic N) is 2. The molecular formula is C25H24N2O5. The number of carbonyl (C=O) groups is 2. The average molecular weight is 432 g/mol. The molecule has 0 bridgehead atoms. The molecule has 1 atom stereocenters. The summed E-state index contributed by atoms with van der Waals surface area (Å²) in [5, 5.41) is 14.8. The molecule has 0 saturated heterocycles. The summed E-state index contributed by atoms with van der Waals surface area (Å²) in [5.74, 6) is -0.996. The standard InChI is InChI=1S/C25H24N2O5/c1-25(2,3)23(29)20-21(17-10-5-6-11-19(17)31-4)27(24(30)22(20)28)16-9-7-8-15(14-16)18-12-13-32-26-18/h5-14,21,28H,1-4H3. The molecule has 0 saturated carbocycles. The van der Waals surface area contributed by atoms with Crippen LogP contribution in [0.25, 0.3) is 11.3 Å². The second kappa shape index (κ2) is 8.00. The third-order valence-electron chi connectivity index (χ3n) is 5.43. The van der Waals surface area contributed by atoms with E-state index < -0.39 is 23.1 Å². The van der Waals surface area contributed by atoms with Crippen LogP contribution in [0, 0.1) is 5.41 Å². The Bertz CT molecular complexity index is 1210. The number of aliphatic hydroxyl groups is 1. The van der Waals surface area contributed by atoms with Gasteiger partial charge < -0.3 is 14.4 Å². The molecule has 32 heavy (non-hydrogen) atoms. The van der Waals surface area contributed by atoms with E-state index in [9.17, 15) is 14.7 Å². The molecule has 0 radical (unpaired) electrons. The van der Waals surface area contributed by atoms with Crippen molar-refractivity contribution in [3.05, 3.63) is 77.8 Å². The first kappa shape index (κ1) is 21.4. The minimum Gasteiger partial charge on any atom is -0.503 e. The number of aliphatic hydroxyl groups excluding tert-OH is 1. The summed E-state index contributed by atoms with van der Waals surface area (Å²) in [7, 11) is 1.53. The highest BCUT2D eigenvalue weighted by Crippen LogP contribution is 2.46. The van der Waals surface area contributed by atoms with E-state index in [-0.39, 0.29) is 11.4 Å². The molecule has 2 aromatic carbocycles. The van der Waals surface area contributed by atoms with E-state index in [0.717, 1.165) is 5.56 Å². The van der Waals surface area contributed by atoms with Gasteiger partial charge in [0.25, 0.3) is 5.91 Å². The number of benzene rings is 2. The van der Waals surface area contributed by atoms with Gasteiger partial charge in [0.05, 0.1) is 18.7 Å². The predicted molar refractivity (Wildman–Crippen MR) is 119 cm³/mol. The number of hydrogen-bond acceptors (Lipinski definition) is 6. The number of ether oxygens (including phenoxy) is 1. The Kier molecular flexibility index (Phi) is 5.34. The minimum atomic E-state index is -0.849. The van der Waals surface area contributed by atoms with Gasteiger partial charge in [-0.3, -0.25) is 14.5 Å². The Morgan fingerprint density at radius 2 is 1.88 bits per heavy atom. The molecule has 2 heterocycles. The van der Waals surface area contributed by atoms with Crippen LogP contribution < -0.4 is 9.64 Å². The number of aromatic nitrogens is 1. The van der Waals surface area contributed by atoms with Gasteiger partial charge in [-0.1, -0.05) is 56.3 Å². The highest BCUT2D eigenvalue weighted by atomic mass is 16.5. The Labute approximate surface area is 185 Å². The first-order chi connectivity index (χ1) is 15.2. The molecule has 3 aromatic rings. The number of carbonyl (C=O) groups excluding carboxylic acids is 2. The van der Waals surface area contributed by atoms with Crippen LogP contribution in [0.4, 0.5) is 5.69 Å². The fraction of sp³-hybridized carbons (Fsp3) is 0.240. The van der Waals surface area contributed by atoms with Crippen molar-refractivity contribution in [3.63, 3.8) is 0 Å². The van der Waals surface area contributed by atoms with Crippen LogP contribution in [0.2, 0.25) is 0 Å². The number of amides is 1. The van der Waals surface area contributed by atoms with Gasteiger partial charge in [-0.15, -0.1) is 0 Å². The van der Waals surface area contributed by atoms with Gasteiger partial charge in [-0.2, -0.15) is 0 Å². The number of Topliss-reactive ketones (excluding diaryl/α,β-unsaturated/α-hetero) is 1. The zero-order valence-corrected chi connectivity index (χ0v) is 18.3. The number of anilines is 1. The van der Waals surface area contributed by atoms with Gasteiger partial charge in [-0.25, -0.2) is 0 Å². The fourth-order valence-corrected chi connectivity index (χ4v) is 3.87. The van der Waals surface area contributed by atoms with Gasteiger partial charge in [-0.05, 0) is 18.2 Å². The Balaban J connectivity index is 1.92. The Morgan fingerprint density at radius 3 is 2.53 bits per heavy atom. The van der Waals surface area contributed by atoms with Gasteiger partial charge in [0.15, 0.2) is 11.5 Å². The van der Waals surface area contributed by atoms with E-state index >= 15 is 0 Å². The zero-order chi connectivity index (χ0) is 23.0. The van der Waals surface area contributed by atoms with Crippen LogP contribution in [0.3, 0.4) is 0 Å². The summed E-state index contributed by atoms with van der Waals surface area (Å²) in [6, 6.07) is 15.2. The molecular weight excluding hydrogens is 408 g/mol. The Morgan fingerprint density at radius 1 is 1.12 bits per heavy atom. The smallest absolute Gasteiger partial charge is 0.294 e. The first-order valence-electron chi connectivity index (χ1n) is 10.2.